The van der Waals surface area contributed by atoms with Crippen molar-refractivity contribution < 1.29 is 13.5 Å². The molecule has 1 heterocycles. The summed E-state index contributed by atoms with van der Waals surface area (Å²) in [6.07, 6.45) is 5.45. The highest BCUT2D eigenvalue weighted by atomic mass is 32.2. The molecule has 0 bridgehead atoms. The van der Waals surface area contributed by atoms with E-state index in [9.17, 15) is 13.5 Å². The van der Waals surface area contributed by atoms with Crippen LogP contribution in [0.3, 0.4) is 0 Å². The van der Waals surface area contributed by atoms with Gasteiger partial charge in [-0.1, -0.05) is 20.3 Å². The van der Waals surface area contributed by atoms with Crippen LogP contribution in [0, 0.1) is 11.3 Å². The van der Waals surface area contributed by atoms with E-state index in [4.69, 9.17) is 0 Å². The van der Waals surface area contributed by atoms with Crippen LogP contribution >= 0.6 is 11.8 Å². The standard InChI is InChI=1S/C14H26O3S2/c1-13(2)8-14(15,10-18-9-13)11-5-4-6-12(7-11)19(3,16)17/h11-12,15H,4-10H2,1-3H3. The number of rotatable bonds is 2. The molecule has 0 radical (unpaired) electrons. The summed E-state index contributed by atoms with van der Waals surface area (Å²) in [6.45, 7) is 4.39. The zero-order valence-corrected chi connectivity index (χ0v) is 13.8. The molecule has 1 aliphatic heterocycles. The molecule has 2 aliphatic rings. The van der Waals surface area contributed by atoms with Gasteiger partial charge in [-0.2, -0.15) is 11.8 Å². The highest BCUT2D eigenvalue weighted by Gasteiger charge is 2.46. The van der Waals surface area contributed by atoms with E-state index in [1.807, 2.05) is 11.8 Å². The van der Waals surface area contributed by atoms with Gasteiger partial charge in [0.15, 0.2) is 0 Å². The molecule has 0 spiro atoms. The summed E-state index contributed by atoms with van der Waals surface area (Å²) in [5.41, 5.74) is -0.522. The van der Waals surface area contributed by atoms with Gasteiger partial charge in [-0.05, 0) is 42.8 Å². The number of sulfone groups is 1. The van der Waals surface area contributed by atoms with Crippen molar-refractivity contribution in [3.63, 3.8) is 0 Å². The van der Waals surface area contributed by atoms with Gasteiger partial charge in [-0.15, -0.1) is 0 Å². The van der Waals surface area contributed by atoms with Crippen LogP contribution in [0.4, 0.5) is 0 Å². The van der Waals surface area contributed by atoms with E-state index in [1.165, 1.54) is 6.26 Å². The molecule has 0 aromatic heterocycles. The van der Waals surface area contributed by atoms with Gasteiger partial charge in [0.2, 0.25) is 0 Å². The summed E-state index contributed by atoms with van der Waals surface area (Å²) in [4.78, 5) is 0. The van der Waals surface area contributed by atoms with Crippen molar-refractivity contribution in [3.05, 3.63) is 0 Å². The first-order valence-corrected chi connectivity index (χ1v) is 10.2. The molecule has 3 unspecified atom stereocenters. The molecule has 3 nitrogen and oxygen atoms in total. The first-order chi connectivity index (χ1) is 8.62. The Labute approximate surface area is 121 Å². The lowest BCUT2D eigenvalue weighted by Gasteiger charge is -2.47. The molecule has 19 heavy (non-hydrogen) atoms. The molecule has 1 saturated carbocycles. The SMILES string of the molecule is CC1(C)CSCC(O)(C2CCCC(S(C)(=O)=O)C2)C1. The van der Waals surface area contributed by atoms with E-state index >= 15 is 0 Å². The minimum Gasteiger partial charge on any atom is -0.389 e. The summed E-state index contributed by atoms with van der Waals surface area (Å²) in [5.74, 6) is 1.99. The van der Waals surface area contributed by atoms with Crippen molar-refractivity contribution in [2.45, 2.75) is 56.8 Å². The van der Waals surface area contributed by atoms with E-state index in [2.05, 4.69) is 13.8 Å². The third kappa shape index (κ3) is 3.67. The lowest BCUT2D eigenvalue weighted by molar-refractivity contribution is -0.0447. The Morgan fingerprint density at radius 2 is 1.89 bits per heavy atom. The summed E-state index contributed by atoms with van der Waals surface area (Å²) in [6, 6.07) is 0. The van der Waals surface area contributed by atoms with Gasteiger partial charge in [-0.3, -0.25) is 0 Å². The molecule has 0 aromatic rings. The molecule has 112 valence electrons. The average Bonchev–Trinajstić information content (AvgIpc) is 2.26. The Morgan fingerprint density at radius 1 is 1.21 bits per heavy atom. The van der Waals surface area contributed by atoms with E-state index in [-0.39, 0.29) is 16.6 Å². The highest BCUT2D eigenvalue weighted by Crippen LogP contribution is 2.47. The summed E-state index contributed by atoms with van der Waals surface area (Å²) in [7, 11) is -2.97. The normalized spacial score (nSPS) is 40.0. The fourth-order valence-corrected chi connectivity index (χ4v) is 6.34. The Hall–Kier alpha value is 0.260. The van der Waals surface area contributed by atoms with Crippen molar-refractivity contribution in [3.8, 4) is 0 Å². The molecule has 1 saturated heterocycles. The number of hydrogen-bond donors (Lipinski definition) is 1. The van der Waals surface area contributed by atoms with Gasteiger partial charge in [0.25, 0.3) is 0 Å². The minimum atomic E-state index is -2.97. The summed E-state index contributed by atoms with van der Waals surface area (Å²) in [5, 5.41) is 10.8. The first kappa shape index (κ1) is 15.6. The second-order valence-electron chi connectivity index (χ2n) is 7.25. The largest absolute Gasteiger partial charge is 0.389 e. The van der Waals surface area contributed by atoms with Gasteiger partial charge in [0, 0.05) is 12.0 Å². The van der Waals surface area contributed by atoms with Gasteiger partial charge >= 0.3 is 0 Å². The van der Waals surface area contributed by atoms with Gasteiger partial charge in [0.1, 0.15) is 9.84 Å². The second kappa shape index (κ2) is 5.23. The fourth-order valence-electron chi connectivity index (χ4n) is 3.72. The number of aliphatic hydroxyl groups is 1. The Kier molecular flexibility index (Phi) is 4.30. The highest BCUT2D eigenvalue weighted by molar-refractivity contribution is 7.99. The van der Waals surface area contributed by atoms with Crippen molar-refractivity contribution in [1.82, 2.24) is 0 Å². The molecule has 0 aromatic carbocycles. The van der Waals surface area contributed by atoms with Gasteiger partial charge in [-0.25, -0.2) is 8.42 Å². The monoisotopic (exact) mass is 306 g/mol. The predicted octanol–water partition coefficient (Wildman–Crippen LogP) is 2.48. The maximum atomic E-state index is 11.8. The lowest BCUT2D eigenvalue weighted by atomic mass is 9.70. The third-order valence-corrected chi connectivity index (χ3v) is 7.95. The molecular formula is C14H26O3S2. The molecule has 3 atom stereocenters. The molecule has 1 aliphatic carbocycles. The lowest BCUT2D eigenvalue weighted by Crippen LogP contribution is -2.50. The van der Waals surface area contributed by atoms with E-state index in [0.29, 0.717) is 6.42 Å². The maximum absolute atomic E-state index is 11.8. The van der Waals surface area contributed by atoms with Crippen molar-refractivity contribution >= 4 is 21.6 Å². The van der Waals surface area contributed by atoms with Crippen LogP contribution in [0.2, 0.25) is 0 Å². The topological polar surface area (TPSA) is 54.4 Å². The minimum absolute atomic E-state index is 0.146. The second-order valence-corrected chi connectivity index (χ2v) is 10.6. The number of hydrogen-bond acceptors (Lipinski definition) is 4. The van der Waals surface area contributed by atoms with Gasteiger partial charge < -0.3 is 5.11 Å². The van der Waals surface area contributed by atoms with E-state index < -0.39 is 15.4 Å². The molecule has 5 heteroatoms. The Balaban J connectivity index is 2.12. The molecule has 2 fully saturated rings. The summed E-state index contributed by atoms with van der Waals surface area (Å²) >= 11 is 1.81. The Morgan fingerprint density at radius 3 is 2.47 bits per heavy atom. The maximum Gasteiger partial charge on any atom is 0.150 e. The van der Waals surface area contributed by atoms with Crippen LogP contribution in [0.15, 0.2) is 0 Å². The number of thioether (sulfide) groups is 1. The Bertz CT molecular complexity index is 430. The van der Waals surface area contributed by atoms with Crippen LogP contribution in [0.25, 0.3) is 0 Å². The van der Waals surface area contributed by atoms with Crippen LogP contribution in [0.5, 0.6) is 0 Å². The fraction of sp³-hybridized carbons (Fsp3) is 1.00. The average molecular weight is 306 g/mol. The van der Waals surface area contributed by atoms with E-state index in [0.717, 1.165) is 37.2 Å². The van der Waals surface area contributed by atoms with Crippen molar-refractivity contribution in [1.29, 1.82) is 0 Å². The zero-order valence-electron chi connectivity index (χ0n) is 12.2. The molecular weight excluding hydrogens is 280 g/mol. The molecule has 0 amide bonds. The van der Waals surface area contributed by atoms with E-state index in [1.54, 1.807) is 0 Å². The molecule has 2 rings (SSSR count). The smallest absolute Gasteiger partial charge is 0.150 e. The predicted molar refractivity (Wildman–Crippen MR) is 81.3 cm³/mol. The van der Waals surface area contributed by atoms with Crippen LogP contribution in [0.1, 0.15) is 46.0 Å². The zero-order chi connectivity index (χ0) is 14.3. The third-order valence-electron chi connectivity index (χ3n) is 4.62. The van der Waals surface area contributed by atoms with Crippen molar-refractivity contribution in [2.75, 3.05) is 17.8 Å². The quantitative estimate of drug-likeness (QED) is 0.851. The first-order valence-electron chi connectivity index (χ1n) is 7.11. The summed E-state index contributed by atoms with van der Waals surface area (Å²) < 4.78 is 23.5. The van der Waals surface area contributed by atoms with Crippen LogP contribution in [-0.4, -0.2) is 42.1 Å². The van der Waals surface area contributed by atoms with Gasteiger partial charge in [0.05, 0.1) is 10.9 Å². The molecule has 1 N–H and O–H groups in total. The van der Waals surface area contributed by atoms with Crippen molar-refractivity contribution in [2.24, 2.45) is 11.3 Å². The van der Waals surface area contributed by atoms with Crippen LogP contribution < -0.4 is 0 Å². The van der Waals surface area contributed by atoms with Crippen LogP contribution in [-0.2, 0) is 9.84 Å².